The Morgan fingerprint density at radius 2 is 1.82 bits per heavy atom. The van der Waals surface area contributed by atoms with Crippen LogP contribution in [0.15, 0.2) is 66.0 Å². The van der Waals surface area contributed by atoms with Gasteiger partial charge in [-0.15, -0.1) is 16.4 Å². The summed E-state index contributed by atoms with van der Waals surface area (Å²) in [5.41, 5.74) is 1.05. The number of esters is 1. The van der Waals surface area contributed by atoms with Crippen molar-refractivity contribution in [2.24, 2.45) is 0 Å². The van der Waals surface area contributed by atoms with Crippen molar-refractivity contribution in [3.63, 3.8) is 0 Å². The van der Waals surface area contributed by atoms with Crippen molar-refractivity contribution in [1.82, 2.24) is 14.8 Å². The minimum Gasteiger partial charge on any atom is -0.497 e. The summed E-state index contributed by atoms with van der Waals surface area (Å²) in [5, 5.41) is 8.78. The molecular formula is C23H19FN4O4S. The molecule has 168 valence electrons. The number of amides is 1. The molecule has 2 aromatic heterocycles. The number of ether oxygens (including phenoxy) is 2. The summed E-state index contributed by atoms with van der Waals surface area (Å²) in [6.07, 6.45) is -1.09. The number of aromatic nitrogens is 3. The van der Waals surface area contributed by atoms with Crippen LogP contribution in [0, 0.1) is 5.82 Å². The van der Waals surface area contributed by atoms with E-state index in [1.807, 2.05) is 17.5 Å². The molecule has 0 saturated heterocycles. The van der Waals surface area contributed by atoms with Gasteiger partial charge in [0.25, 0.3) is 11.7 Å². The molecule has 2 aromatic carbocycles. The lowest BCUT2D eigenvalue weighted by Gasteiger charge is -2.12. The first-order valence-electron chi connectivity index (χ1n) is 9.87. The molecule has 1 amide bonds. The van der Waals surface area contributed by atoms with Crippen LogP contribution >= 0.6 is 11.3 Å². The number of carbonyl (C=O) groups is 2. The van der Waals surface area contributed by atoms with Crippen LogP contribution in [0.1, 0.15) is 17.5 Å². The van der Waals surface area contributed by atoms with Gasteiger partial charge >= 0.3 is 5.97 Å². The maximum Gasteiger partial charge on any atom is 0.379 e. The summed E-state index contributed by atoms with van der Waals surface area (Å²) in [6, 6.07) is 16.0. The van der Waals surface area contributed by atoms with Gasteiger partial charge in [0.2, 0.25) is 0 Å². The molecule has 0 aliphatic heterocycles. The minimum absolute atomic E-state index is 0.216. The Labute approximate surface area is 192 Å². The lowest BCUT2D eigenvalue weighted by Crippen LogP contribution is -2.30. The average Bonchev–Trinajstić information content (AvgIpc) is 3.50. The molecule has 4 aromatic rings. The van der Waals surface area contributed by atoms with Crippen molar-refractivity contribution in [3.05, 3.63) is 77.7 Å². The Balaban J connectivity index is 1.52. The van der Waals surface area contributed by atoms with Crippen LogP contribution < -0.4 is 10.1 Å². The molecule has 0 radical (unpaired) electrons. The topological polar surface area (TPSA) is 95.3 Å². The highest BCUT2D eigenvalue weighted by atomic mass is 32.1. The third-order valence-corrected chi connectivity index (χ3v) is 5.48. The molecule has 0 aliphatic rings. The Bertz CT molecular complexity index is 1250. The Hall–Kier alpha value is -4.05. The number of halogens is 1. The van der Waals surface area contributed by atoms with Gasteiger partial charge in [-0.2, -0.15) is 4.98 Å². The van der Waals surface area contributed by atoms with E-state index < -0.39 is 23.8 Å². The number of hydrogen-bond donors (Lipinski definition) is 1. The average molecular weight is 466 g/mol. The fraction of sp³-hybridized carbons (Fsp3) is 0.130. The standard InChI is InChI=1S/C23H19FN4O4S/c1-14(22(29)25-16-7-11-18(31-2)12-8-16)32-23(30)20-26-21(19-4-3-13-33-19)28(27-20)17-9-5-15(24)6-10-17/h3-14H,1-2H3,(H,25,29). The van der Waals surface area contributed by atoms with Gasteiger partial charge in [-0.05, 0) is 66.9 Å². The Morgan fingerprint density at radius 1 is 1.09 bits per heavy atom. The molecule has 33 heavy (non-hydrogen) atoms. The van der Waals surface area contributed by atoms with E-state index in [1.54, 1.807) is 31.4 Å². The van der Waals surface area contributed by atoms with Gasteiger partial charge in [0, 0.05) is 5.69 Å². The molecule has 1 unspecified atom stereocenters. The molecule has 1 atom stereocenters. The zero-order valence-corrected chi connectivity index (χ0v) is 18.5. The number of methoxy groups -OCH3 is 1. The predicted molar refractivity (Wildman–Crippen MR) is 121 cm³/mol. The van der Waals surface area contributed by atoms with E-state index in [2.05, 4.69) is 15.4 Å². The van der Waals surface area contributed by atoms with E-state index in [4.69, 9.17) is 9.47 Å². The molecule has 0 spiro atoms. The van der Waals surface area contributed by atoms with Crippen molar-refractivity contribution >= 4 is 28.9 Å². The molecule has 8 nitrogen and oxygen atoms in total. The van der Waals surface area contributed by atoms with Gasteiger partial charge in [0.1, 0.15) is 11.6 Å². The number of thiophene rings is 1. The number of benzene rings is 2. The lowest BCUT2D eigenvalue weighted by atomic mass is 10.3. The maximum absolute atomic E-state index is 13.4. The summed E-state index contributed by atoms with van der Waals surface area (Å²) in [7, 11) is 1.55. The van der Waals surface area contributed by atoms with Gasteiger partial charge in [-0.25, -0.2) is 13.9 Å². The van der Waals surface area contributed by atoms with Crippen LogP contribution in [-0.2, 0) is 9.53 Å². The van der Waals surface area contributed by atoms with E-state index in [-0.39, 0.29) is 5.82 Å². The second kappa shape index (κ2) is 9.61. The van der Waals surface area contributed by atoms with Gasteiger partial charge in [0.05, 0.1) is 17.7 Å². The lowest BCUT2D eigenvalue weighted by molar-refractivity contribution is -0.123. The largest absolute Gasteiger partial charge is 0.497 e. The molecular weight excluding hydrogens is 447 g/mol. The highest BCUT2D eigenvalue weighted by Crippen LogP contribution is 2.26. The van der Waals surface area contributed by atoms with Crippen molar-refractivity contribution in [1.29, 1.82) is 0 Å². The van der Waals surface area contributed by atoms with E-state index in [0.717, 1.165) is 4.88 Å². The summed E-state index contributed by atoms with van der Waals surface area (Å²) < 4.78 is 25.2. The number of hydrogen-bond acceptors (Lipinski definition) is 7. The summed E-state index contributed by atoms with van der Waals surface area (Å²) >= 11 is 1.41. The fourth-order valence-corrected chi connectivity index (χ4v) is 3.61. The van der Waals surface area contributed by atoms with Gasteiger partial charge < -0.3 is 14.8 Å². The third-order valence-electron chi connectivity index (χ3n) is 4.61. The van der Waals surface area contributed by atoms with Crippen molar-refractivity contribution in [2.45, 2.75) is 13.0 Å². The molecule has 0 bridgehead atoms. The van der Waals surface area contributed by atoms with Crippen LogP contribution in [0.5, 0.6) is 5.75 Å². The van der Waals surface area contributed by atoms with Crippen molar-refractivity contribution < 1.29 is 23.5 Å². The van der Waals surface area contributed by atoms with E-state index in [9.17, 15) is 14.0 Å². The van der Waals surface area contributed by atoms with E-state index in [1.165, 1.54) is 47.2 Å². The van der Waals surface area contributed by atoms with Gasteiger partial charge in [0.15, 0.2) is 11.9 Å². The smallest absolute Gasteiger partial charge is 0.379 e. The monoisotopic (exact) mass is 466 g/mol. The van der Waals surface area contributed by atoms with E-state index >= 15 is 0 Å². The number of nitrogens with zero attached hydrogens (tertiary/aromatic N) is 3. The first kappa shape index (κ1) is 22.2. The van der Waals surface area contributed by atoms with Crippen molar-refractivity contribution in [2.75, 3.05) is 12.4 Å². The number of rotatable bonds is 7. The fourth-order valence-electron chi connectivity index (χ4n) is 2.91. The highest BCUT2D eigenvalue weighted by Gasteiger charge is 2.25. The minimum atomic E-state index is -1.09. The Morgan fingerprint density at radius 3 is 2.45 bits per heavy atom. The number of anilines is 1. The van der Waals surface area contributed by atoms with Gasteiger partial charge in [-0.3, -0.25) is 4.79 Å². The van der Waals surface area contributed by atoms with Crippen LogP contribution in [0.3, 0.4) is 0 Å². The highest BCUT2D eigenvalue weighted by molar-refractivity contribution is 7.13. The van der Waals surface area contributed by atoms with Crippen LogP contribution in [0.25, 0.3) is 16.4 Å². The molecule has 0 fully saturated rings. The first-order chi connectivity index (χ1) is 15.9. The first-order valence-corrected chi connectivity index (χ1v) is 10.8. The predicted octanol–water partition coefficient (Wildman–Crippen LogP) is 4.33. The van der Waals surface area contributed by atoms with Crippen LogP contribution in [0.2, 0.25) is 0 Å². The maximum atomic E-state index is 13.4. The van der Waals surface area contributed by atoms with Crippen molar-refractivity contribution in [3.8, 4) is 22.1 Å². The van der Waals surface area contributed by atoms with Crippen LogP contribution in [-0.4, -0.2) is 39.9 Å². The zero-order chi connectivity index (χ0) is 23.4. The zero-order valence-electron chi connectivity index (χ0n) is 17.7. The second-order valence-corrected chi connectivity index (χ2v) is 7.84. The SMILES string of the molecule is COc1ccc(NC(=O)C(C)OC(=O)c2nc(-c3cccs3)n(-c3ccc(F)cc3)n2)cc1. The number of carbonyl (C=O) groups excluding carboxylic acids is 2. The molecule has 0 aliphatic carbocycles. The normalized spacial score (nSPS) is 11.6. The molecule has 4 rings (SSSR count). The molecule has 1 N–H and O–H groups in total. The quantitative estimate of drug-likeness (QED) is 0.408. The third kappa shape index (κ3) is 5.07. The molecule has 2 heterocycles. The summed E-state index contributed by atoms with van der Waals surface area (Å²) in [6.45, 7) is 1.45. The summed E-state index contributed by atoms with van der Waals surface area (Å²) in [5.74, 6) is -0.925. The summed E-state index contributed by atoms with van der Waals surface area (Å²) in [4.78, 5) is 30.2. The van der Waals surface area contributed by atoms with Crippen LogP contribution in [0.4, 0.5) is 10.1 Å². The van der Waals surface area contributed by atoms with Gasteiger partial charge in [-0.1, -0.05) is 6.07 Å². The second-order valence-electron chi connectivity index (χ2n) is 6.89. The Kier molecular flexibility index (Phi) is 6.45. The number of nitrogens with one attached hydrogen (secondary N) is 1. The van der Waals surface area contributed by atoms with E-state index in [0.29, 0.717) is 22.9 Å². The molecule has 10 heteroatoms. The molecule has 0 saturated carbocycles.